The number of nitrogens with zero attached hydrogens (tertiary/aromatic N) is 4. The molecular weight excluding hydrogens is 430 g/mol. The minimum absolute atomic E-state index is 0.296. The topological polar surface area (TPSA) is 86.0 Å². The molecule has 6 rings (SSSR count). The molecule has 2 aliphatic rings. The predicted molar refractivity (Wildman–Crippen MR) is 131 cm³/mol. The molecule has 1 aromatic heterocycles. The Balaban J connectivity index is 1.12. The third kappa shape index (κ3) is 4.04. The number of fused-ring (bicyclic) bond motifs is 2. The second kappa shape index (κ2) is 8.72. The van der Waals surface area contributed by atoms with Gasteiger partial charge in [0.05, 0.1) is 0 Å². The first-order valence-electron chi connectivity index (χ1n) is 11.4. The Bertz CT molecular complexity index is 1340. The lowest BCUT2D eigenvalue weighted by atomic mass is 10.1. The van der Waals surface area contributed by atoms with Crippen molar-refractivity contribution in [2.75, 3.05) is 43.6 Å². The number of ether oxygens (including phenoxy) is 3. The van der Waals surface area contributed by atoms with Crippen molar-refractivity contribution in [3.63, 3.8) is 0 Å². The van der Waals surface area contributed by atoms with Gasteiger partial charge in [0.25, 0.3) is 0 Å². The summed E-state index contributed by atoms with van der Waals surface area (Å²) in [4.78, 5) is 13.4. The molecule has 34 heavy (non-hydrogen) atoms. The van der Waals surface area contributed by atoms with E-state index in [-0.39, 0.29) is 0 Å². The molecular formula is C26H25N5O3. The zero-order valence-corrected chi connectivity index (χ0v) is 18.7. The molecule has 0 spiro atoms. The van der Waals surface area contributed by atoms with E-state index in [1.54, 1.807) is 0 Å². The summed E-state index contributed by atoms with van der Waals surface area (Å²) in [5.74, 6) is 3.43. The van der Waals surface area contributed by atoms with Gasteiger partial charge in [0.2, 0.25) is 12.7 Å². The number of nitrogens with two attached hydrogens (primary N) is 1. The van der Waals surface area contributed by atoms with Crippen molar-refractivity contribution >= 4 is 22.3 Å². The second-order valence-corrected chi connectivity index (χ2v) is 8.48. The number of hydrogen-bond acceptors (Lipinski definition) is 8. The number of aromatic nitrogens is 2. The molecule has 4 aromatic rings. The zero-order chi connectivity index (χ0) is 22.9. The van der Waals surface area contributed by atoms with Gasteiger partial charge in [-0.15, -0.1) is 0 Å². The molecule has 0 unspecified atom stereocenters. The fourth-order valence-electron chi connectivity index (χ4n) is 4.46. The molecule has 0 radical (unpaired) electrons. The molecule has 0 aliphatic carbocycles. The average Bonchev–Trinajstić information content (AvgIpc) is 3.34. The first-order valence-corrected chi connectivity index (χ1v) is 11.4. The highest BCUT2D eigenvalue weighted by Gasteiger charge is 2.23. The van der Waals surface area contributed by atoms with Crippen LogP contribution in [0.3, 0.4) is 0 Å². The molecule has 3 aromatic carbocycles. The summed E-state index contributed by atoms with van der Waals surface area (Å²) in [5.41, 5.74) is 8.13. The van der Waals surface area contributed by atoms with Gasteiger partial charge in [-0.1, -0.05) is 36.4 Å². The SMILES string of the molecule is Nc1c(Oc2ccc3ccccc3c2)ncnc1N1CCN(Cc2ccc3c(c2)OCO3)CC1. The quantitative estimate of drug-likeness (QED) is 0.482. The van der Waals surface area contributed by atoms with E-state index in [0.29, 0.717) is 29.9 Å². The third-order valence-electron chi connectivity index (χ3n) is 6.28. The standard InChI is InChI=1S/C26H25N5O3/c27-24-25(28-16-29-26(24)34-21-7-6-19-3-1-2-4-20(19)14-21)31-11-9-30(10-12-31)15-18-5-8-22-23(13-18)33-17-32-22/h1-8,13-14,16H,9-12,15,17,27H2. The van der Waals surface area contributed by atoms with Crippen molar-refractivity contribution < 1.29 is 14.2 Å². The largest absolute Gasteiger partial charge is 0.454 e. The van der Waals surface area contributed by atoms with Gasteiger partial charge in [0.15, 0.2) is 17.3 Å². The van der Waals surface area contributed by atoms with E-state index < -0.39 is 0 Å². The van der Waals surface area contributed by atoms with E-state index in [0.717, 1.165) is 55.0 Å². The van der Waals surface area contributed by atoms with Crippen LogP contribution in [0.2, 0.25) is 0 Å². The van der Waals surface area contributed by atoms with Crippen LogP contribution in [-0.4, -0.2) is 47.8 Å². The second-order valence-electron chi connectivity index (χ2n) is 8.48. The Morgan fingerprint density at radius 2 is 1.68 bits per heavy atom. The first kappa shape index (κ1) is 20.6. The van der Waals surface area contributed by atoms with Crippen molar-refractivity contribution in [1.29, 1.82) is 0 Å². The molecule has 8 heteroatoms. The van der Waals surface area contributed by atoms with Gasteiger partial charge >= 0.3 is 0 Å². The van der Waals surface area contributed by atoms with E-state index in [1.807, 2.05) is 36.4 Å². The van der Waals surface area contributed by atoms with Crippen LogP contribution in [0.25, 0.3) is 10.8 Å². The van der Waals surface area contributed by atoms with Gasteiger partial charge in [-0.2, -0.15) is 4.98 Å². The minimum Gasteiger partial charge on any atom is -0.454 e. The third-order valence-corrected chi connectivity index (χ3v) is 6.28. The Hall–Kier alpha value is -4.04. The number of benzene rings is 3. The van der Waals surface area contributed by atoms with Gasteiger partial charge in [0.1, 0.15) is 17.8 Å². The summed E-state index contributed by atoms with van der Waals surface area (Å²) in [6.07, 6.45) is 1.51. The van der Waals surface area contributed by atoms with Gasteiger partial charge in [-0.25, -0.2) is 4.98 Å². The van der Waals surface area contributed by atoms with Crippen LogP contribution >= 0.6 is 0 Å². The minimum atomic E-state index is 0.296. The molecule has 3 heterocycles. The normalized spacial score (nSPS) is 15.6. The maximum Gasteiger partial charge on any atom is 0.248 e. The first-order chi connectivity index (χ1) is 16.7. The van der Waals surface area contributed by atoms with Crippen LogP contribution in [0.15, 0.2) is 67.0 Å². The fourth-order valence-corrected chi connectivity index (χ4v) is 4.46. The van der Waals surface area contributed by atoms with Crippen molar-refractivity contribution in [2.45, 2.75) is 6.54 Å². The van der Waals surface area contributed by atoms with Crippen LogP contribution in [-0.2, 0) is 6.54 Å². The van der Waals surface area contributed by atoms with E-state index in [1.165, 1.54) is 11.9 Å². The highest BCUT2D eigenvalue weighted by molar-refractivity contribution is 5.84. The highest BCUT2D eigenvalue weighted by Crippen LogP contribution is 2.34. The molecule has 2 aliphatic heterocycles. The average molecular weight is 456 g/mol. The Labute approximate surface area is 197 Å². The number of nitrogen functional groups attached to an aromatic ring is 1. The lowest BCUT2D eigenvalue weighted by Gasteiger charge is -2.35. The summed E-state index contributed by atoms with van der Waals surface area (Å²) in [5, 5.41) is 2.26. The van der Waals surface area contributed by atoms with Crippen molar-refractivity contribution in [3.8, 4) is 23.1 Å². The number of hydrogen-bond donors (Lipinski definition) is 1. The van der Waals surface area contributed by atoms with Crippen LogP contribution in [0.5, 0.6) is 23.1 Å². The summed E-state index contributed by atoms with van der Waals surface area (Å²) < 4.78 is 17.0. The molecule has 0 saturated carbocycles. The van der Waals surface area contributed by atoms with Crippen molar-refractivity contribution in [1.82, 2.24) is 14.9 Å². The fraction of sp³-hybridized carbons (Fsp3) is 0.231. The molecule has 1 saturated heterocycles. The number of anilines is 2. The van der Waals surface area contributed by atoms with Gasteiger partial charge in [0, 0.05) is 32.7 Å². The van der Waals surface area contributed by atoms with Crippen LogP contribution in [0.4, 0.5) is 11.5 Å². The highest BCUT2D eigenvalue weighted by atomic mass is 16.7. The van der Waals surface area contributed by atoms with Gasteiger partial charge < -0.3 is 24.8 Å². The Kier molecular flexibility index (Phi) is 5.27. The molecule has 2 N–H and O–H groups in total. The van der Waals surface area contributed by atoms with Gasteiger partial charge in [-0.05, 0) is 40.6 Å². The summed E-state index contributed by atoms with van der Waals surface area (Å²) in [6.45, 7) is 4.60. The maximum atomic E-state index is 6.45. The molecule has 0 atom stereocenters. The van der Waals surface area contributed by atoms with E-state index in [2.05, 4.69) is 44.0 Å². The van der Waals surface area contributed by atoms with Crippen molar-refractivity contribution in [3.05, 3.63) is 72.6 Å². The predicted octanol–water partition coefficient (Wildman–Crippen LogP) is 4.06. The van der Waals surface area contributed by atoms with Crippen LogP contribution in [0, 0.1) is 0 Å². The van der Waals surface area contributed by atoms with Crippen molar-refractivity contribution in [2.24, 2.45) is 0 Å². The number of piperazine rings is 1. The molecule has 1 fully saturated rings. The molecule has 172 valence electrons. The summed E-state index contributed by atoms with van der Waals surface area (Å²) >= 11 is 0. The Morgan fingerprint density at radius 1 is 0.853 bits per heavy atom. The monoisotopic (exact) mass is 455 g/mol. The Morgan fingerprint density at radius 3 is 2.56 bits per heavy atom. The van der Waals surface area contributed by atoms with E-state index in [4.69, 9.17) is 19.9 Å². The molecule has 0 bridgehead atoms. The number of rotatable bonds is 5. The summed E-state index contributed by atoms with van der Waals surface area (Å²) in [7, 11) is 0. The van der Waals surface area contributed by atoms with E-state index >= 15 is 0 Å². The van der Waals surface area contributed by atoms with Crippen LogP contribution in [0.1, 0.15) is 5.56 Å². The maximum absolute atomic E-state index is 6.45. The molecule has 8 nitrogen and oxygen atoms in total. The lowest BCUT2D eigenvalue weighted by Crippen LogP contribution is -2.46. The molecule has 0 amide bonds. The zero-order valence-electron chi connectivity index (χ0n) is 18.7. The van der Waals surface area contributed by atoms with Crippen LogP contribution < -0.4 is 24.8 Å². The summed E-state index contributed by atoms with van der Waals surface area (Å²) in [6, 6.07) is 20.2. The van der Waals surface area contributed by atoms with Gasteiger partial charge in [-0.3, -0.25) is 4.90 Å². The lowest BCUT2D eigenvalue weighted by molar-refractivity contribution is 0.174. The van der Waals surface area contributed by atoms with E-state index in [9.17, 15) is 0 Å². The smallest absolute Gasteiger partial charge is 0.248 e.